The Hall–Kier alpha value is -5.38. The first-order valence-electron chi connectivity index (χ1n) is 14.6. The van der Waals surface area contributed by atoms with Crippen molar-refractivity contribution < 1.29 is 0 Å². The van der Waals surface area contributed by atoms with Crippen LogP contribution in [0.4, 0.5) is 17.1 Å². The Labute approximate surface area is 253 Å². The second-order valence-electron chi connectivity index (χ2n) is 11.0. The summed E-state index contributed by atoms with van der Waals surface area (Å²) >= 11 is 1.90. The van der Waals surface area contributed by atoms with Gasteiger partial charge in [0.1, 0.15) is 0 Å². The summed E-state index contributed by atoms with van der Waals surface area (Å²) in [5.74, 6) is 0. The van der Waals surface area contributed by atoms with Crippen LogP contribution in [0.2, 0.25) is 0 Å². The molecule has 0 atom stereocenters. The van der Waals surface area contributed by atoms with E-state index in [0.29, 0.717) is 0 Å². The number of fused-ring (bicyclic) bond motifs is 8. The normalized spacial score (nSPS) is 11.7. The maximum Gasteiger partial charge on any atom is 0.0555 e. The predicted molar refractivity (Wildman–Crippen MR) is 186 cm³/mol. The molecule has 0 unspecified atom stereocenters. The third kappa shape index (κ3) is 3.72. The van der Waals surface area contributed by atoms with Gasteiger partial charge in [-0.1, -0.05) is 97.1 Å². The Morgan fingerprint density at radius 1 is 0.465 bits per heavy atom. The summed E-state index contributed by atoms with van der Waals surface area (Å²) in [7, 11) is 0. The number of hydrogen-bond acceptors (Lipinski definition) is 2. The fourth-order valence-corrected chi connectivity index (χ4v) is 7.94. The number of para-hydroxylation sites is 2. The minimum absolute atomic E-state index is 1.14. The highest BCUT2D eigenvalue weighted by Crippen LogP contribution is 2.46. The zero-order valence-corrected chi connectivity index (χ0v) is 24.1. The molecule has 9 rings (SSSR count). The van der Waals surface area contributed by atoms with Gasteiger partial charge in [-0.2, -0.15) is 0 Å². The lowest BCUT2D eigenvalue weighted by Crippen LogP contribution is -2.10. The van der Waals surface area contributed by atoms with Crippen LogP contribution in [0.5, 0.6) is 0 Å². The number of anilines is 3. The second kappa shape index (κ2) is 9.59. The molecule has 0 fully saturated rings. The number of hydrogen-bond donors (Lipinski definition) is 0. The molecule has 2 heterocycles. The second-order valence-corrected chi connectivity index (χ2v) is 12.0. The van der Waals surface area contributed by atoms with Crippen LogP contribution in [0.15, 0.2) is 158 Å². The fraction of sp³-hybridized carbons (Fsp3) is 0. The number of nitrogens with zero attached hydrogens (tertiary/aromatic N) is 2. The zero-order chi connectivity index (χ0) is 28.3. The van der Waals surface area contributed by atoms with Crippen LogP contribution in [0, 0.1) is 0 Å². The van der Waals surface area contributed by atoms with Gasteiger partial charge < -0.3 is 9.47 Å². The highest BCUT2D eigenvalue weighted by Gasteiger charge is 2.21. The Bertz CT molecular complexity index is 2450. The molecule has 43 heavy (non-hydrogen) atoms. The Balaban J connectivity index is 1.40. The number of benzene rings is 7. The molecule has 0 saturated heterocycles. The van der Waals surface area contributed by atoms with Gasteiger partial charge in [0.2, 0.25) is 0 Å². The monoisotopic (exact) mass is 566 g/mol. The summed E-state index contributed by atoms with van der Waals surface area (Å²) < 4.78 is 5.08. The van der Waals surface area contributed by atoms with E-state index in [2.05, 4.69) is 167 Å². The minimum atomic E-state index is 1.14. The Morgan fingerprint density at radius 2 is 1.16 bits per heavy atom. The van der Waals surface area contributed by atoms with Gasteiger partial charge >= 0.3 is 0 Å². The van der Waals surface area contributed by atoms with Crippen molar-refractivity contribution in [3.8, 4) is 5.69 Å². The Kier molecular flexibility index (Phi) is 5.40. The maximum absolute atomic E-state index is 2.42. The van der Waals surface area contributed by atoms with Gasteiger partial charge in [0.05, 0.1) is 16.7 Å². The molecule has 3 heteroatoms. The van der Waals surface area contributed by atoms with Crippen LogP contribution in [-0.4, -0.2) is 4.57 Å². The van der Waals surface area contributed by atoms with Gasteiger partial charge in [0, 0.05) is 53.4 Å². The van der Waals surface area contributed by atoms with E-state index in [9.17, 15) is 0 Å². The summed E-state index contributed by atoms with van der Waals surface area (Å²) in [6.45, 7) is 0. The number of aromatic nitrogens is 1. The molecule has 0 amide bonds. The van der Waals surface area contributed by atoms with Crippen LogP contribution in [0.1, 0.15) is 0 Å². The van der Waals surface area contributed by atoms with Crippen molar-refractivity contribution in [2.45, 2.75) is 0 Å². The first kappa shape index (κ1) is 24.2. The maximum atomic E-state index is 2.42. The van der Waals surface area contributed by atoms with Crippen LogP contribution in [0.25, 0.3) is 58.4 Å². The summed E-state index contributed by atoms with van der Waals surface area (Å²) in [6.07, 6.45) is 0. The Morgan fingerprint density at radius 3 is 2.02 bits per heavy atom. The van der Waals surface area contributed by atoms with Crippen molar-refractivity contribution in [1.29, 1.82) is 0 Å². The quantitative estimate of drug-likeness (QED) is 0.206. The molecule has 0 saturated carbocycles. The van der Waals surface area contributed by atoms with E-state index in [1.54, 1.807) is 0 Å². The molecule has 7 aromatic carbocycles. The van der Waals surface area contributed by atoms with Gasteiger partial charge in [-0.25, -0.2) is 0 Å². The van der Waals surface area contributed by atoms with E-state index in [1.165, 1.54) is 64.1 Å². The van der Waals surface area contributed by atoms with Crippen molar-refractivity contribution in [3.05, 3.63) is 158 Å². The largest absolute Gasteiger partial charge is 0.310 e. The summed E-state index contributed by atoms with van der Waals surface area (Å²) in [6, 6.07) is 57.1. The first-order valence-corrected chi connectivity index (χ1v) is 15.4. The lowest BCUT2D eigenvalue weighted by Gasteiger charge is -2.27. The topological polar surface area (TPSA) is 8.17 Å². The molecule has 9 aromatic rings. The molecule has 2 aromatic heterocycles. The molecule has 0 bridgehead atoms. The predicted octanol–water partition coefficient (Wildman–Crippen LogP) is 11.8. The highest BCUT2D eigenvalue weighted by molar-refractivity contribution is 7.26. The van der Waals surface area contributed by atoms with Crippen molar-refractivity contribution >= 4 is 81.1 Å². The van der Waals surface area contributed by atoms with Gasteiger partial charge in [-0.3, -0.25) is 0 Å². The molecule has 0 radical (unpaired) electrons. The van der Waals surface area contributed by atoms with E-state index in [1.807, 2.05) is 11.3 Å². The molecule has 202 valence electrons. The number of rotatable bonds is 4. The van der Waals surface area contributed by atoms with Gasteiger partial charge in [0.25, 0.3) is 0 Å². The van der Waals surface area contributed by atoms with Crippen LogP contribution >= 0.6 is 11.3 Å². The van der Waals surface area contributed by atoms with Crippen LogP contribution in [0.3, 0.4) is 0 Å². The molecule has 0 aliphatic heterocycles. The summed E-state index contributed by atoms with van der Waals surface area (Å²) in [5, 5.41) is 7.67. The lowest BCUT2D eigenvalue weighted by atomic mass is 10.0. The van der Waals surface area contributed by atoms with E-state index in [0.717, 1.165) is 11.4 Å². The third-order valence-electron chi connectivity index (χ3n) is 8.55. The molecule has 0 spiro atoms. The molecular weight excluding hydrogens is 541 g/mol. The molecule has 0 aliphatic rings. The fourth-order valence-electron chi connectivity index (χ4n) is 6.68. The first-order chi connectivity index (χ1) is 21.3. The SMILES string of the molecule is c1ccc(N(c2ccc3c(c2)c2c4sc5ccccc5c4ccc2n3-c2ccccc2)c2cccc3ccccc23)cc1. The average Bonchev–Trinajstić information content (AvgIpc) is 3.61. The number of thiophene rings is 1. The third-order valence-corrected chi connectivity index (χ3v) is 9.75. The zero-order valence-electron chi connectivity index (χ0n) is 23.3. The van der Waals surface area contributed by atoms with E-state index >= 15 is 0 Å². The molecule has 0 aliphatic carbocycles. The van der Waals surface area contributed by atoms with Crippen molar-refractivity contribution in [3.63, 3.8) is 0 Å². The van der Waals surface area contributed by atoms with Crippen molar-refractivity contribution in [1.82, 2.24) is 4.57 Å². The standard InChI is InChI=1S/C40H26N2S/c1-3-14-28(15-4-1)41(35-20-11-13-27-12-7-8-18-31(27)35)30-22-24-36-34(26-30)39-37(42(36)29-16-5-2-6-17-29)25-23-33-32-19-9-10-21-38(32)43-40(33)39/h1-26H. The van der Waals surface area contributed by atoms with E-state index in [-0.39, 0.29) is 0 Å². The van der Waals surface area contributed by atoms with Crippen LogP contribution in [-0.2, 0) is 0 Å². The van der Waals surface area contributed by atoms with Crippen molar-refractivity contribution in [2.75, 3.05) is 4.90 Å². The average molecular weight is 567 g/mol. The van der Waals surface area contributed by atoms with E-state index < -0.39 is 0 Å². The van der Waals surface area contributed by atoms with Crippen molar-refractivity contribution in [2.24, 2.45) is 0 Å². The molecule has 2 nitrogen and oxygen atoms in total. The smallest absolute Gasteiger partial charge is 0.0555 e. The molecule has 0 N–H and O–H groups in total. The van der Waals surface area contributed by atoms with Crippen LogP contribution < -0.4 is 4.90 Å². The summed E-state index contributed by atoms with van der Waals surface area (Å²) in [4.78, 5) is 2.40. The van der Waals surface area contributed by atoms with E-state index in [4.69, 9.17) is 0 Å². The van der Waals surface area contributed by atoms with Gasteiger partial charge in [-0.05, 0) is 66.0 Å². The summed E-state index contributed by atoms with van der Waals surface area (Å²) in [5.41, 5.74) is 7.05. The lowest BCUT2D eigenvalue weighted by molar-refractivity contribution is 1.18. The minimum Gasteiger partial charge on any atom is -0.310 e. The molecular formula is C40H26N2S. The highest BCUT2D eigenvalue weighted by atomic mass is 32.1. The van der Waals surface area contributed by atoms with Gasteiger partial charge in [-0.15, -0.1) is 11.3 Å². The van der Waals surface area contributed by atoms with Gasteiger partial charge in [0.15, 0.2) is 0 Å².